The Morgan fingerprint density at radius 3 is 2.27 bits per heavy atom. The van der Waals surface area contributed by atoms with Crippen LogP contribution in [-0.2, 0) is 21.4 Å². The lowest BCUT2D eigenvalue weighted by Crippen LogP contribution is -2.52. The average Bonchev–Trinajstić information content (AvgIpc) is 2.58. The summed E-state index contributed by atoms with van der Waals surface area (Å²) in [6, 6.07) is 4.70. The zero-order valence-corrected chi connectivity index (χ0v) is 17.0. The van der Waals surface area contributed by atoms with Gasteiger partial charge in [-0.05, 0) is 30.0 Å². The van der Waals surface area contributed by atoms with E-state index in [4.69, 9.17) is 9.47 Å². The molecule has 0 aromatic heterocycles. The predicted molar refractivity (Wildman–Crippen MR) is 101 cm³/mol. The van der Waals surface area contributed by atoms with Gasteiger partial charge < -0.3 is 14.8 Å². The molecular formula is C17H29N3O5S. The van der Waals surface area contributed by atoms with Crippen molar-refractivity contribution in [3.8, 4) is 11.5 Å². The molecule has 0 bridgehead atoms. The molecule has 1 rings (SSSR count). The molecule has 0 aliphatic carbocycles. The second kappa shape index (κ2) is 9.75. The third-order valence-electron chi connectivity index (χ3n) is 3.87. The molecule has 0 spiro atoms. The molecule has 0 radical (unpaired) electrons. The van der Waals surface area contributed by atoms with E-state index in [-0.39, 0.29) is 11.8 Å². The molecule has 0 unspecified atom stereocenters. The number of rotatable bonds is 10. The Morgan fingerprint density at radius 2 is 1.77 bits per heavy atom. The Labute approximate surface area is 156 Å². The quantitative estimate of drug-likeness (QED) is 0.618. The topological polar surface area (TPSA) is 97.0 Å². The van der Waals surface area contributed by atoms with Crippen LogP contribution in [0.2, 0.25) is 0 Å². The molecular weight excluding hydrogens is 358 g/mol. The number of carbonyl (C=O) groups excluding carboxylic acids is 1. The second-order valence-corrected chi connectivity index (χ2v) is 8.27. The summed E-state index contributed by atoms with van der Waals surface area (Å²) in [6.45, 7) is 3.95. The lowest BCUT2D eigenvalue weighted by Gasteiger charge is -2.23. The average molecular weight is 388 g/mol. The number of nitrogens with one attached hydrogen (secondary N) is 2. The van der Waals surface area contributed by atoms with E-state index in [0.29, 0.717) is 24.5 Å². The number of methoxy groups -OCH3 is 2. The SMILES string of the molecule is COc1ccc(CCNC(=O)[C@@H](NS(=O)(=O)N(C)C)C(C)C)cc1OC. The molecule has 0 saturated heterocycles. The number of hydrogen-bond donors (Lipinski definition) is 2. The first kappa shape index (κ1) is 22.2. The summed E-state index contributed by atoms with van der Waals surface area (Å²) < 4.78 is 37.9. The molecule has 1 amide bonds. The van der Waals surface area contributed by atoms with E-state index in [9.17, 15) is 13.2 Å². The molecule has 148 valence electrons. The molecule has 0 aliphatic heterocycles. The summed E-state index contributed by atoms with van der Waals surface area (Å²) in [5.74, 6) is 0.713. The fourth-order valence-corrected chi connectivity index (χ4v) is 3.15. The molecule has 0 heterocycles. The predicted octanol–water partition coefficient (Wildman–Crippen LogP) is 0.783. The molecule has 1 aromatic carbocycles. The first-order chi connectivity index (χ1) is 12.1. The van der Waals surface area contributed by atoms with Crippen LogP contribution < -0.4 is 19.5 Å². The highest BCUT2D eigenvalue weighted by molar-refractivity contribution is 7.87. The smallest absolute Gasteiger partial charge is 0.279 e. The van der Waals surface area contributed by atoms with Crippen LogP contribution >= 0.6 is 0 Å². The number of amides is 1. The van der Waals surface area contributed by atoms with Crippen LogP contribution in [0.25, 0.3) is 0 Å². The fraction of sp³-hybridized carbons (Fsp3) is 0.588. The van der Waals surface area contributed by atoms with Gasteiger partial charge in [-0.15, -0.1) is 0 Å². The van der Waals surface area contributed by atoms with Crippen molar-refractivity contribution in [2.75, 3.05) is 34.9 Å². The van der Waals surface area contributed by atoms with Gasteiger partial charge in [0.25, 0.3) is 10.2 Å². The van der Waals surface area contributed by atoms with E-state index < -0.39 is 16.3 Å². The largest absolute Gasteiger partial charge is 0.493 e. The summed E-state index contributed by atoms with van der Waals surface area (Å²) >= 11 is 0. The third kappa shape index (κ3) is 6.15. The van der Waals surface area contributed by atoms with E-state index >= 15 is 0 Å². The minimum atomic E-state index is -3.69. The maximum atomic E-state index is 12.4. The number of ether oxygens (including phenoxy) is 2. The van der Waals surface area contributed by atoms with Crippen LogP contribution in [0.15, 0.2) is 18.2 Å². The van der Waals surface area contributed by atoms with E-state index in [1.807, 2.05) is 12.1 Å². The van der Waals surface area contributed by atoms with Crippen LogP contribution in [0.1, 0.15) is 19.4 Å². The molecule has 8 nitrogen and oxygen atoms in total. The van der Waals surface area contributed by atoms with Crippen molar-refractivity contribution in [3.05, 3.63) is 23.8 Å². The van der Waals surface area contributed by atoms with Gasteiger partial charge in [0.05, 0.1) is 14.2 Å². The minimum Gasteiger partial charge on any atom is -0.493 e. The molecule has 2 N–H and O–H groups in total. The first-order valence-corrected chi connectivity index (χ1v) is 9.74. The van der Waals surface area contributed by atoms with Gasteiger partial charge in [0.1, 0.15) is 6.04 Å². The van der Waals surface area contributed by atoms with Crippen LogP contribution in [0.5, 0.6) is 11.5 Å². The Morgan fingerprint density at radius 1 is 1.15 bits per heavy atom. The van der Waals surface area contributed by atoms with Crippen molar-refractivity contribution in [1.82, 2.24) is 14.3 Å². The lowest BCUT2D eigenvalue weighted by atomic mass is 10.0. The second-order valence-electron chi connectivity index (χ2n) is 6.36. The van der Waals surface area contributed by atoms with Crippen molar-refractivity contribution in [1.29, 1.82) is 0 Å². The van der Waals surface area contributed by atoms with Gasteiger partial charge in [0.2, 0.25) is 5.91 Å². The van der Waals surface area contributed by atoms with Crippen molar-refractivity contribution < 1.29 is 22.7 Å². The highest BCUT2D eigenvalue weighted by atomic mass is 32.2. The van der Waals surface area contributed by atoms with Gasteiger partial charge in [-0.25, -0.2) is 0 Å². The lowest BCUT2D eigenvalue weighted by molar-refractivity contribution is -0.123. The zero-order chi connectivity index (χ0) is 19.9. The Kier molecular flexibility index (Phi) is 8.32. The van der Waals surface area contributed by atoms with Gasteiger partial charge in [0, 0.05) is 20.6 Å². The van der Waals surface area contributed by atoms with E-state index in [0.717, 1.165) is 9.87 Å². The fourth-order valence-electron chi connectivity index (χ4n) is 2.23. The first-order valence-electron chi connectivity index (χ1n) is 8.30. The number of nitrogens with zero attached hydrogens (tertiary/aromatic N) is 1. The maximum absolute atomic E-state index is 12.4. The summed E-state index contributed by atoms with van der Waals surface area (Å²) in [4.78, 5) is 12.4. The summed E-state index contributed by atoms with van der Waals surface area (Å²) in [5.41, 5.74) is 0.970. The van der Waals surface area contributed by atoms with Crippen LogP contribution in [0.4, 0.5) is 0 Å². The molecule has 1 atom stereocenters. The van der Waals surface area contributed by atoms with Crippen LogP contribution in [0.3, 0.4) is 0 Å². The van der Waals surface area contributed by atoms with Crippen molar-refractivity contribution in [2.24, 2.45) is 5.92 Å². The normalized spacial score (nSPS) is 12.9. The minimum absolute atomic E-state index is 0.189. The summed E-state index contributed by atoms with van der Waals surface area (Å²) in [5, 5.41) is 2.78. The van der Waals surface area contributed by atoms with Gasteiger partial charge in [-0.2, -0.15) is 17.4 Å². The van der Waals surface area contributed by atoms with Gasteiger partial charge in [-0.1, -0.05) is 19.9 Å². The van der Waals surface area contributed by atoms with Crippen molar-refractivity contribution >= 4 is 16.1 Å². The monoisotopic (exact) mass is 387 g/mol. The maximum Gasteiger partial charge on any atom is 0.279 e. The van der Waals surface area contributed by atoms with Gasteiger partial charge in [-0.3, -0.25) is 4.79 Å². The molecule has 9 heteroatoms. The molecule has 0 saturated carbocycles. The zero-order valence-electron chi connectivity index (χ0n) is 16.2. The highest BCUT2D eigenvalue weighted by Crippen LogP contribution is 2.27. The summed E-state index contributed by atoms with van der Waals surface area (Å²) in [6.07, 6.45) is 0.581. The van der Waals surface area contributed by atoms with Crippen LogP contribution in [-0.4, -0.2) is 59.5 Å². The van der Waals surface area contributed by atoms with Crippen molar-refractivity contribution in [3.63, 3.8) is 0 Å². The van der Waals surface area contributed by atoms with Crippen LogP contribution in [0, 0.1) is 5.92 Å². The van der Waals surface area contributed by atoms with Gasteiger partial charge in [0.15, 0.2) is 11.5 Å². The highest BCUT2D eigenvalue weighted by Gasteiger charge is 2.28. The number of hydrogen-bond acceptors (Lipinski definition) is 5. The standard InChI is InChI=1S/C17H29N3O5S/c1-12(2)16(19-26(22,23)20(3)4)17(21)18-10-9-13-7-8-14(24-5)15(11-13)25-6/h7-8,11-12,16,19H,9-10H2,1-6H3,(H,18,21)/t16-/m0/s1. The van der Waals surface area contributed by atoms with E-state index in [1.54, 1.807) is 34.1 Å². The molecule has 0 aliphatic rings. The number of carbonyl (C=O) groups is 1. The Bertz CT molecular complexity index is 704. The third-order valence-corrected chi connectivity index (χ3v) is 5.38. The molecule has 0 fully saturated rings. The Balaban J connectivity index is 2.69. The Hall–Kier alpha value is -1.84. The number of benzene rings is 1. The summed E-state index contributed by atoms with van der Waals surface area (Å²) in [7, 11) is 2.26. The molecule has 1 aromatic rings. The van der Waals surface area contributed by atoms with E-state index in [2.05, 4.69) is 10.0 Å². The van der Waals surface area contributed by atoms with E-state index in [1.165, 1.54) is 14.1 Å². The van der Waals surface area contributed by atoms with Gasteiger partial charge >= 0.3 is 0 Å². The molecule has 26 heavy (non-hydrogen) atoms. The van der Waals surface area contributed by atoms with Crippen molar-refractivity contribution in [2.45, 2.75) is 26.3 Å².